The molecule has 0 bridgehead atoms. The van der Waals surface area contributed by atoms with Crippen molar-refractivity contribution in [3.63, 3.8) is 0 Å². The van der Waals surface area contributed by atoms with E-state index in [2.05, 4.69) is 13.5 Å². The van der Waals surface area contributed by atoms with Gasteiger partial charge in [0.2, 0.25) is 0 Å². The predicted molar refractivity (Wildman–Crippen MR) is 152 cm³/mol. The minimum Gasteiger partial charge on any atom is -0.494 e. The molecule has 2 aromatic rings. The smallest absolute Gasteiger partial charge is 0.343 e. The van der Waals surface area contributed by atoms with E-state index in [1.165, 1.54) is 44.9 Å². The first-order valence-corrected chi connectivity index (χ1v) is 14.5. The lowest BCUT2D eigenvalue weighted by Gasteiger charge is -2.27. The summed E-state index contributed by atoms with van der Waals surface area (Å²) in [6, 6.07) is 13.6. The first kappa shape index (κ1) is 29.5. The predicted octanol–water partition coefficient (Wildman–Crippen LogP) is 8.71. The van der Waals surface area contributed by atoms with Crippen molar-refractivity contribution in [2.24, 2.45) is 11.8 Å². The molecule has 0 radical (unpaired) electrons. The Kier molecular flexibility index (Phi) is 13.0. The Balaban J connectivity index is 1.37. The van der Waals surface area contributed by atoms with E-state index in [0.29, 0.717) is 29.6 Å². The van der Waals surface area contributed by atoms with Crippen molar-refractivity contribution < 1.29 is 23.8 Å². The molecule has 3 rings (SSSR count). The average Bonchev–Trinajstić information content (AvgIpc) is 2.94. The molecule has 0 unspecified atom stereocenters. The number of allylic oxidation sites excluding steroid dienone is 1. The summed E-state index contributed by atoms with van der Waals surface area (Å²) in [7, 11) is 0. The first-order valence-electron chi connectivity index (χ1n) is 14.5. The summed E-state index contributed by atoms with van der Waals surface area (Å²) in [6.45, 7) is 6.69. The number of hydrogen-bond acceptors (Lipinski definition) is 5. The third-order valence-corrected chi connectivity index (χ3v) is 7.31. The molecular weight excluding hydrogens is 476 g/mol. The summed E-state index contributed by atoms with van der Waals surface area (Å²) >= 11 is 0. The van der Waals surface area contributed by atoms with Gasteiger partial charge in [-0.1, -0.05) is 51.5 Å². The fourth-order valence-electron chi connectivity index (χ4n) is 4.94. The second-order valence-electron chi connectivity index (χ2n) is 10.4. The molecule has 5 nitrogen and oxygen atoms in total. The number of rotatable bonds is 16. The van der Waals surface area contributed by atoms with E-state index in [1.807, 2.05) is 6.08 Å². The summed E-state index contributed by atoms with van der Waals surface area (Å²) < 4.78 is 16.9. The lowest BCUT2D eigenvalue weighted by atomic mass is 9.80. The molecule has 38 heavy (non-hydrogen) atoms. The maximum Gasteiger partial charge on any atom is 0.343 e. The van der Waals surface area contributed by atoms with E-state index in [0.717, 1.165) is 44.3 Å². The van der Waals surface area contributed by atoms with Crippen LogP contribution in [0.2, 0.25) is 0 Å². The molecule has 0 N–H and O–H groups in total. The SMILES string of the molecule is C=CCCC[C@H]1CC[C@H](C(=O)Oc2ccc(OC(=O)c3ccc(OCCCCCCCC)cc3)cc2)CC1. The molecule has 0 spiro atoms. The van der Waals surface area contributed by atoms with Crippen molar-refractivity contribution in [2.45, 2.75) is 90.4 Å². The Morgan fingerprint density at radius 1 is 0.789 bits per heavy atom. The fourth-order valence-corrected chi connectivity index (χ4v) is 4.94. The molecule has 0 aliphatic heterocycles. The molecule has 0 heterocycles. The summed E-state index contributed by atoms with van der Waals surface area (Å²) in [5.74, 6) is 1.68. The zero-order valence-corrected chi connectivity index (χ0v) is 23.0. The second kappa shape index (κ2) is 16.7. The maximum atomic E-state index is 12.6. The molecule has 5 heteroatoms. The van der Waals surface area contributed by atoms with Crippen LogP contribution in [0.4, 0.5) is 0 Å². The van der Waals surface area contributed by atoms with E-state index < -0.39 is 5.97 Å². The van der Waals surface area contributed by atoms with Crippen LogP contribution < -0.4 is 14.2 Å². The highest BCUT2D eigenvalue weighted by Crippen LogP contribution is 2.33. The Bertz CT molecular complexity index is 971. The first-order chi connectivity index (χ1) is 18.6. The van der Waals surface area contributed by atoms with E-state index in [-0.39, 0.29) is 11.9 Å². The fraction of sp³-hybridized carbons (Fsp3) is 0.515. The van der Waals surface area contributed by atoms with E-state index in [9.17, 15) is 9.59 Å². The topological polar surface area (TPSA) is 61.8 Å². The Labute approximate surface area is 228 Å². The second-order valence-corrected chi connectivity index (χ2v) is 10.4. The Hall–Kier alpha value is -3.08. The zero-order chi connectivity index (χ0) is 27.0. The van der Waals surface area contributed by atoms with Gasteiger partial charge in [0.25, 0.3) is 0 Å². The molecule has 0 aromatic heterocycles. The third kappa shape index (κ3) is 10.4. The highest BCUT2D eigenvalue weighted by Gasteiger charge is 2.27. The molecule has 2 aromatic carbocycles. The molecule has 0 saturated heterocycles. The number of ether oxygens (including phenoxy) is 3. The summed E-state index contributed by atoms with van der Waals surface area (Å²) in [5, 5.41) is 0. The van der Waals surface area contributed by atoms with Crippen LogP contribution in [0.25, 0.3) is 0 Å². The lowest BCUT2D eigenvalue weighted by molar-refractivity contribution is -0.140. The average molecular weight is 521 g/mol. The molecule has 0 amide bonds. The summed E-state index contributed by atoms with van der Waals surface area (Å²) in [5.41, 5.74) is 0.451. The van der Waals surface area contributed by atoms with E-state index in [4.69, 9.17) is 14.2 Å². The van der Waals surface area contributed by atoms with E-state index >= 15 is 0 Å². The van der Waals surface area contributed by atoms with Crippen LogP contribution in [0.1, 0.15) is 101 Å². The Morgan fingerprint density at radius 3 is 2.05 bits per heavy atom. The Morgan fingerprint density at radius 2 is 1.39 bits per heavy atom. The standard InChI is InChI=1S/C33H44O5/c1-3-5-7-8-9-11-25-36-29-19-17-28(18-20-29)33(35)38-31-23-21-30(22-24-31)37-32(34)27-15-13-26(14-16-27)12-10-6-4-2/h4,17-24,26-27H,2-3,5-16,25H2,1H3/t26-,27-. The van der Waals surface area contributed by atoms with Crippen LogP contribution in [0.3, 0.4) is 0 Å². The van der Waals surface area contributed by atoms with Gasteiger partial charge in [-0.15, -0.1) is 6.58 Å². The quantitative estimate of drug-likeness (QED) is 0.0958. The van der Waals surface area contributed by atoms with Crippen LogP contribution in [0.15, 0.2) is 61.2 Å². The van der Waals surface area contributed by atoms with Gasteiger partial charge in [-0.3, -0.25) is 4.79 Å². The van der Waals surface area contributed by atoms with Crippen LogP contribution in [-0.2, 0) is 4.79 Å². The van der Waals surface area contributed by atoms with Crippen molar-refractivity contribution >= 4 is 11.9 Å². The van der Waals surface area contributed by atoms with Gasteiger partial charge in [-0.2, -0.15) is 0 Å². The number of carbonyl (C=O) groups excluding carboxylic acids is 2. The largest absolute Gasteiger partial charge is 0.494 e. The van der Waals surface area contributed by atoms with Gasteiger partial charge < -0.3 is 14.2 Å². The maximum absolute atomic E-state index is 12.6. The van der Waals surface area contributed by atoms with Crippen LogP contribution in [0, 0.1) is 11.8 Å². The van der Waals surface area contributed by atoms with E-state index in [1.54, 1.807) is 48.5 Å². The zero-order valence-electron chi connectivity index (χ0n) is 23.0. The van der Waals surface area contributed by atoms with Gasteiger partial charge in [-0.05, 0) is 99.4 Å². The van der Waals surface area contributed by atoms with Crippen LogP contribution >= 0.6 is 0 Å². The van der Waals surface area contributed by atoms with Crippen molar-refractivity contribution in [3.05, 3.63) is 66.7 Å². The minimum atomic E-state index is -0.443. The molecule has 1 fully saturated rings. The summed E-state index contributed by atoms with van der Waals surface area (Å²) in [6.07, 6.45) is 16.7. The van der Waals surface area contributed by atoms with Crippen molar-refractivity contribution in [3.8, 4) is 17.2 Å². The number of esters is 2. The van der Waals surface area contributed by atoms with Gasteiger partial charge >= 0.3 is 11.9 Å². The summed E-state index contributed by atoms with van der Waals surface area (Å²) in [4.78, 5) is 25.2. The molecule has 206 valence electrons. The van der Waals surface area contributed by atoms with Gasteiger partial charge in [-0.25, -0.2) is 4.79 Å². The number of benzene rings is 2. The van der Waals surface area contributed by atoms with Gasteiger partial charge in [0.05, 0.1) is 18.1 Å². The van der Waals surface area contributed by atoms with Crippen LogP contribution in [0.5, 0.6) is 17.2 Å². The van der Waals surface area contributed by atoms with Gasteiger partial charge in [0.1, 0.15) is 17.2 Å². The highest BCUT2D eigenvalue weighted by atomic mass is 16.5. The highest BCUT2D eigenvalue weighted by molar-refractivity contribution is 5.91. The van der Waals surface area contributed by atoms with Gasteiger partial charge in [0.15, 0.2) is 0 Å². The molecular formula is C33H44O5. The van der Waals surface area contributed by atoms with Crippen molar-refractivity contribution in [1.82, 2.24) is 0 Å². The minimum absolute atomic E-state index is 0.0408. The molecule has 1 aliphatic carbocycles. The van der Waals surface area contributed by atoms with Crippen LogP contribution in [-0.4, -0.2) is 18.5 Å². The number of unbranched alkanes of at least 4 members (excludes halogenated alkanes) is 6. The number of carbonyl (C=O) groups is 2. The normalized spacial score (nSPS) is 17.0. The monoisotopic (exact) mass is 520 g/mol. The molecule has 1 saturated carbocycles. The lowest BCUT2D eigenvalue weighted by Crippen LogP contribution is -2.25. The molecule has 0 atom stereocenters. The van der Waals surface area contributed by atoms with Gasteiger partial charge in [0, 0.05) is 0 Å². The van der Waals surface area contributed by atoms with Crippen molar-refractivity contribution in [1.29, 1.82) is 0 Å². The van der Waals surface area contributed by atoms with Crippen molar-refractivity contribution in [2.75, 3.05) is 6.61 Å². The number of hydrogen-bond donors (Lipinski definition) is 0. The third-order valence-electron chi connectivity index (χ3n) is 7.31. The molecule has 1 aliphatic rings.